The molecule has 0 heterocycles. The van der Waals surface area contributed by atoms with Gasteiger partial charge in [0.1, 0.15) is 0 Å². The van der Waals surface area contributed by atoms with Crippen LogP contribution < -0.4 is 4.74 Å². The average Bonchev–Trinajstić information content (AvgIpc) is 2.22. The van der Waals surface area contributed by atoms with Crippen molar-refractivity contribution in [2.45, 2.75) is 12.8 Å². The minimum absolute atomic E-state index is 0.0624. The van der Waals surface area contributed by atoms with Gasteiger partial charge < -0.3 is 9.84 Å². The van der Waals surface area contributed by atoms with E-state index in [1.165, 1.54) is 0 Å². The first-order valence-electron chi connectivity index (χ1n) is 4.22. The van der Waals surface area contributed by atoms with Crippen LogP contribution in [0.25, 0.3) is 0 Å². The molecule has 0 aliphatic rings. The molecule has 1 N–H and O–H groups in total. The third-order valence-corrected chi connectivity index (χ3v) is 1.94. The topological polar surface area (TPSA) is 53.2 Å². The maximum Gasteiger partial charge on any atom is 0.209 e. The highest BCUT2D eigenvalue weighted by molar-refractivity contribution is 5.43. The fraction of sp³-hybridized carbons (Fsp3) is 0.300. The van der Waals surface area contributed by atoms with Crippen molar-refractivity contribution in [3.63, 3.8) is 0 Å². The van der Waals surface area contributed by atoms with Gasteiger partial charge in [-0.2, -0.15) is 9.65 Å². The maximum absolute atomic E-state index is 13.3. The van der Waals surface area contributed by atoms with E-state index >= 15 is 0 Å². The molecule has 0 saturated carbocycles. The summed E-state index contributed by atoms with van der Waals surface area (Å²) >= 11 is 0. The summed E-state index contributed by atoms with van der Waals surface area (Å²) in [7, 11) is 1.11. The standard InChI is InChI=1S/C10H9F2NO2/c1-15-10-7(11)5-6(3-2-4-13)9(14)8(10)12/h5,14H,2-3H2,1H3. The molecule has 80 valence electrons. The molecule has 0 aliphatic heterocycles. The molecule has 0 aliphatic carbocycles. The largest absolute Gasteiger partial charge is 0.505 e. The number of phenols is 1. The lowest BCUT2D eigenvalue weighted by molar-refractivity contribution is 0.340. The smallest absolute Gasteiger partial charge is 0.209 e. The van der Waals surface area contributed by atoms with Crippen LogP contribution in [0.1, 0.15) is 12.0 Å². The third-order valence-electron chi connectivity index (χ3n) is 1.94. The molecule has 0 amide bonds. The number of hydrogen-bond donors (Lipinski definition) is 1. The lowest BCUT2D eigenvalue weighted by Crippen LogP contribution is -1.97. The molecule has 1 aromatic carbocycles. The number of aryl methyl sites for hydroxylation is 1. The van der Waals surface area contributed by atoms with Crippen molar-refractivity contribution in [1.82, 2.24) is 0 Å². The van der Waals surface area contributed by atoms with Crippen molar-refractivity contribution in [2.24, 2.45) is 0 Å². The Kier molecular flexibility index (Phi) is 3.45. The van der Waals surface area contributed by atoms with Crippen LogP contribution in [0.5, 0.6) is 11.5 Å². The quantitative estimate of drug-likeness (QED) is 0.836. The average molecular weight is 213 g/mol. The molecule has 5 heteroatoms. The van der Waals surface area contributed by atoms with Crippen molar-refractivity contribution < 1.29 is 18.6 Å². The molecule has 0 bridgehead atoms. The molecule has 1 aromatic rings. The Hall–Kier alpha value is -1.83. The van der Waals surface area contributed by atoms with E-state index in [2.05, 4.69) is 4.74 Å². The van der Waals surface area contributed by atoms with Crippen LogP contribution in [-0.4, -0.2) is 12.2 Å². The Labute approximate surface area is 85.5 Å². The summed E-state index contributed by atoms with van der Waals surface area (Å²) < 4.78 is 30.9. The Morgan fingerprint density at radius 3 is 2.73 bits per heavy atom. The predicted molar refractivity (Wildman–Crippen MR) is 48.5 cm³/mol. The number of benzene rings is 1. The molecule has 15 heavy (non-hydrogen) atoms. The van der Waals surface area contributed by atoms with Gasteiger partial charge >= 0.3 is 0 Å². The number of methoxy groups -OCH3 is 1. The highest BCUT2D eigenvalue weighted by atomic mass is 19.1. The van der Waals surface area contributed by atoms with E-state index < -0.39 is 23.1 Å². The summed E-state index contributed by atoms with van der Waals surface area (Å²) in [6, 6.07) is 2.79. The first-order valence-corrected chi connectivity index (χ1v) is 4.22. The molecule has 3 nitrogen and oxygen atoms in total. The number of ether oxygens (including phenoxy) is 1. The lowest BCUT2D eigenvalue weighted by atomic mass is 10.1. The van der Waals surface area contributed by atoms with Crippen LogP contribution in [0.3, 0.4) is 0 Å². The number of rotatable bonds is 3. The van der Waals surface area contributed by atoms with Gasteiger partial charge in [-0.05, 0) is 12.5 Å². The van der Waals surface area contributed by atoms with Gasteiger partial charge in [0.2, 0.25) is 5.82 Å². The normalized spacial score (nSPS) is 9.73. The van der Waals surface area contributed by atoms with Crippen LogP contribution in [0, 0.1) is 23.0 Å². The van der Waals surface area contributed by atoms with Gasteiger partial charge in [-0.25, -0.2) is 4.39 Å². The zero-order valence-electron chi connectivity index (χ0n) is 8.05. The molecular formula is C10H9F2NO2. The van der Waals surface area contributed by atoms with Crippen LogP contribution in [0.2, 0.25) is 0 Å². The van der Waals surface area contributed by atoms with Crippen molar-refractivity contribution in [3.05, 3.63) is 23.3 Å². The molecular weight excluding hydrogens is 204 g/mol. The van der Waals surface area contributed by atoms with Gasteiger partial charge in [0, 0.05) is 12.0 Å². The minimum Gasteiger partial charge on any atom is -0.505 e. The highest BCUT2D eigenvalue weighted by Gasteiger charge is 2.18. The van der Waals surface area contributed by atoms with Crippen molar-refractivity contribution in [2.75, 3.05) is 7.11 Å². The molecule has 0 radical (unpaired) electrons. The van der Waals surface area contributed by atoms with Crippen LogP contribution >= 0.6 is 0 Å². The maximum atomic E-state index is 13.3. The Morgan fingerprint density at radius 1 is 1.53 bits per heavy atom. The highest BCUT2D eigenvalue weighted by Crippen LogP contribution is 2.32. The van der Waals surface area contributed by atoms with E-state index in [0.29, 0.717) is 0 Å². The summed E-state index contributed by atoms with van der Waals surface area (Å²) in [6.45, 7) is 0. The number of nitriles is 1. The molecule has 0 spiro atoms. The molecule has 0 saturated heterocycles. The van der Waals surface area contributed by atoms with E-state index in [9.17, 15) is 13.9 Å². The van der Waals surface area contributed by atoms with Gasteiger partial charge in [0.15, 0.2) is 17.3 Å². The van der Waals surface area contributed by atoms with Gasteiger partial charge in [0.05, 0.1) is 13.2 Å². The summed E-state index contributed by atoms with van der Waals surface area (Å²) in [6.07, 6.45) is 0.180. The Balaban J connectivity index is 3.17. The van der Waals surface area contributed by atoms with Gasteiger partial charge in [-0.3, -0.25) is 0 Å². The lowest BCUT2D eigenvalue weighted by Gasteiger charge is -2.08. The number of nitrogens with zero attached hydrogens (tertiary/aromatic N) is 1. The van der Waals surface area contributed by atoms with Crippen LogP contribution in [0.4, 0.5) is 8.78 Å². The van der Waals surface area contributed by atoms with Gasteiger partial charge in [-0.15, -0.1) is 0 Å². The second-order valence-corrected chi connectivity index (χ2v) is 2.87. The minimum atomic E-state index is -1.13. The summed E-state index contributed by atoms with van der Waals surface area (Å²) in [5.41, 5.74) is 0.0624. The molecule has 0 fully saturated rings. The second kappa shape index (κ2) is 4.60. The van der Waals surface area contributed by atoms with Gasteiger partial charge in [0.25, 0.3) is 0 Å². The van der Waals surface area contributed by atoms with Crippen molar-refractivity contribution in [3.8, 4) is 17.6 Å². The van der Waals surface area contributed by atoms with Crippen LogP contribution in [0.15, 0.2) is 6.07 Å². The van der Waals surface area contributed by atoms with E-state index in [-0.39, 0.29) is 18.4 Å². The Morgan fingerprint density at radius 2 is 2.20 bits per heavy atom. The summed E-state index contributed by atoms with van der Waals surface area (Å²) in [4.78, 5) is 0. The zero-order chi connectivity index (χ0) is 11.4. The summed E-state index contributed by atoms with van der Waals surface area (Å²) in [5.74, 6) is -3.30. The first-order chi connectivity index (χ1) is 7.11. The number of hydrogen-bond acceptors (Lipinski definition) is 3. The fourth-order valence-corrected chi connectivity index (χ4v) is 1.21. The van der Waals surface area contributed by atoms with Crippen molar-refractivity contribution >= 4 is 0 Å². The third kappa shape index (κ3) is 2.15. The number of phenolic OH excluding ortho intramolecular Hbond substituents is 1. The van der Waals surface area contributed by atoms with E-state index in [4.69, 9.17) is 5.26 Å². The van der Waals surface area contributed by atoms with Gasteiger partial charge in [-0.1, -0.05) is 0 Å². The molecule has 1 rings (SSSR count). The van der Waals surface area contributed by atoms with E-state index in [1.807, 2.05) is 6.07 Å². The van der Waals surface area contributed by atoms with E-state index in [0.717, 1.165) is 13.2 Å². The monoisotopic (exact) mass is 213 g/mol. The van der Waals surface area contributed by atoms with Crippen LogP contribution in [-0.2, 0) is 6.42 Å². The fourth-order valence-electron chi connectivity index (χ4n) is 1.21. The molecule has 0 atom stereocenters. The van der Waals surface area contributed by atoms with Crippen molar-refractivity contribution in [1.29, 1.82) is 5.26 Å². The summed E-state index contributed by atoms with van der Waals surface area (Å²) in [5, 5.41) is 17.6. The Bertz CT molecular complexity index is 413. The predicted octanol–water partition coefficient (Wildman–Crippen LogP) is 2.14. The molecule has 0 aromatic heterocycles. The first kappa shape index (κ1) is 11.2. The van der Waals surface area contributed by atoms with E-state index in [1.54, 1.807) is 0 Å². The number of halogens is 2. The second-order valence-electron chi connectivity index (χ2n) is 2.87. The molecule has 0 unspecified atom stereocenters. The SMILES string of the molecule is COc1c(F)cc(CCC#N)c(O)c1F. The number of aromatic hydroxyl groups is 1. The zero-order valence-corrected chi connectivity index (χ0v) is 8.05.